The number of hydrogen-bond donors (Lipinski definition) is 1. The predicted molar refractivity (Wildman–Crippen MR) is 38.8 cm³/mol. The van der Waals surface area contributed by atoms with Crippen molar-refractivity contribution in [3.05, 3.63) is 0 Å². The van der Waals surface area contributed by atoms with E-state index in [0.29, 0.717) is 0 Å². The largest absolute Gasteiger partial charge is 0.349 e. The molecule has 0 unspecified atom stereocenters. The van der Waals surface area contributed by atoms with Crippen molar-refractivity contribution >= 4 is 15.7 Å². The summed E-state index contributed by atoms with van der Waals surface area (Å²) in [4.78, 5) is 10.8. The Bertz CT molecular complexity index is 302. The Labute approximate surface area is 64.9 Å². The van der Waals surface area contributed by atoms with Crippen molar-refractivity contribution in [2.45, 2.75) is 18.4 Å². The van der Waals surface area contributed by atoms with E-state index in [0.717, 1.165) is 12.8 Å². The van der Waals surface area contributed by atoms with Gasteiger partial charge in [0.1, 0.15) is 5.75 Å². The van der Waals surface area contributed by atoms with Crippen LogP contribution in [0.5, 0.6) is 0 Å². The van der Waals surface area contributed by atoms with Crippen LogP contribution in [0.3, 0.4) is 0 Å². The molecule has 1 heterocycles. The minimum atomic E-state index is -3.09. The fourth-order valence-electron chi connectivity index (χ4n) is 1.46. The minimum Gasteiger partial charge on any atom is -0.349 e. The van der Waals surface area contributed by atoms with Gasteiger partial charge in [0.2, 0.25) is 5.91 Å². The fourth-order valence-corrected chi connectivity index (χ4v) is 3.24. The molecular weight excluding hydrogens is 166 g/mol. The topological polar surface area (TPSA) is 63.2 Å². The number of rotatable bonds is 0. The molecule has 0 aromatic carbocycles. The van der Waals surface area contributed by atoms with Gasteiger partial charge >= 0.3 is 0 Å². The molecule has 1 spiro atoms. The van der Waals surface area contributed by atoms with Gasteiger partial charge in [-0.05, 0) is 12.8 Å². The Morgan fingerprint density at radius 1 is 1.36 bits per heavy atom. The maximum atomic E-state index is 11.1. The second-order valence-corrected chi connectivity index (χ2v) is 5.43. The summed E-state index contributed by atoms with van der Waals surface area (Å²) in [7, 11) is -3.09. The summed E-state index contributed by atoms with van der Waals surface area (Å²) in [6.45, 7) is 0. The average Bonchev–Trinajstić information content (AvgIpc) is 2.41. The summed E-state index contributed by atoms with van der Waals surface area (Å²) in [6, 6.07) is 0. The Morgan fingerprint density at radius 2 is 2.00 bits per heavy atom. The number of nitrogens with one attached hydrogen (secondary N) is 1. The molecule has 0 radical (unpaired) electrons. The molecule has 2 fully saturated rings. The molecule has 1 N–H and O–H groups in total. The zero-order valence-corrected chi connectivity index (χ0v) is 6.78. The van der Waals surface area contributed by atoms with Crippen molar-refractivity contribution in [2.24, 2.45) is 0 Å². The first-order valence-corrected chi connectivity index (χ1v) is 5.35. The van der Waals surface area contributed by atoms with Gasteiger partial charge in [0, 0.05) is 0 Å². The third-order valence-corrected chi connectivity index (χ3v) is 3.80. The van der Waals surface area contributed by atoms with Crippen LogP contribution in [0.25, 0.3) is 0 Å². The van der Waals surface area contributed by atoms with E-state index in [1.165, 1.54) is 0 Å². The molecule has 2 aliphatic rings. The highest BCUT2D eigenvalue weighted by atomic mass is 32.2. The summed E-state index contributed by atoms with van der Waals surface area (Å²) in [5.74, 6) is -0.519. The van der Waals surface area contributed by atoms with Gasteiger partial charge in [0.05, 0.1) is 11.3 Å². The molecule has 0 aromatic heterocycles. The monoisotopic (exact) mass is 175 g/mol. The van der Waals surface area contributed by atoms with Gasteiger partial charge in [-0.3, -0.25) is 4.79 Å². The Balaban J connectivity index is 2.28. The first-order chi connectivity index (χ1) is 5.02. The molecule has 1 saturated carbocycles. The lowest BCUT2D eigenvalue weighted by molar-refractivity contribution is -0.119. The van der Waals surface area contributed by atoms with Gasteiger partial charge in [0.25, 0.3) is 0 Å². The maximum absolute atomic E-state index is 11.1. The average molecular weight is 175 g/mol. The lowest BCUT2D eigenvalue weighted by Gasteiger charge is -2.22. The Morgan fingerprint density at radius 3 is 2.45 bits per heavy atom. The van der Waals surface area contributed by atoms with Crippen LogP contribution in [-0.2, 0) is 14.6 Å². The molecule has 2 rings (SSSR count). The van der Waals surface area contributed by atoms with E-state index < -0.39 is 9.84 Å². The van der Waals surface area contributed by atoms with Crippen molar-refractivity contribution in [1.29, 1.82) is 0 Å². The normalized spacial score (nSPS) is 31.5. The molecule has 0 bridgehead atoms. The molecule has 62 valence electrons. The van der Waals surface area contributed by atoms with Crippen LogP contribution in [0.2, 0.25) is 0 Å². The second-order valence-electron chi connectivity index (χ2n) is 3.36. The van der Waals surface area contributed by atoms with E-state index in [1.807, 2.05) is 0 Å². The molecular formula is C6H9NO3S. The molecule has 1 aliphatic heterocycles. The van der Waals surface area contributed by atoms with Gasteiger partial charge in [-0.15, -0.1) is 0 Å². The predicted octanol–water partition coefficient (Wildman–Crippen LogP) is -0.936. The standard InChI is InChI=1S/C6H9NO3S/c8-5-3-11(9,10)4-6(7-5)1-2-6/h1-4H2,(H,7,8). The molecule has 11 heavy (non-hydrogen) atoms. The van der Waals surface area contributed by atoms with Crippen LogP contribution in [0.1, 0.15) is 12.8 Å². The molecule has 1 saturated heterocycles. The smallest absolute Gasteiger partial charge is 0.235 e. The lowest BCUT2D eigenvalue weighted by Crippen LogP contribution is -2.50. The highest BCUT2D eigenvalue weighted by Crippen LogP contribution is 2.38. The van der Waals surface area contributed by atoms with Gasteiger partial charge in [-0.1, -0.05) is 0 Å². The summed E-state index contributed by atoms with van der Waals surface area (Å²) < 4.78 is 22.1. The van der Waals surface area contributed by atoms with E-state index in [2.05, 4.69) is 5.32 Å². The van der Waals surface area contributed by atoms with Crippen LogP contribution in [0, 0.1) is 0 Å². The molecule has 0 aromatic rings. The highest BCUT2D eigenvalue weighted by molar-refractivity contribution is 7.92. The van der Waals surface area contributed by atoms with Crippen molar-refractivity contribution in [1.82, 2.24) is 5.32 Å². The van der Waals surface area contributed by atoms with E-state index in [4.69, 9.17) is 0 Å². The van der Waals surface area contributed by atoms with Crippen molar-refractivity contribution in [3.63, 3.8) is 0 Å². The summed E-state index contributed by atoms with van der Waals surface area (Å²) >= 11 is 0. The van der Waals surface area contributed by atoms with Crippen molar-refractivity contribution in [2.75, 3.05) is 11.5 Å². The van der Waals surface area contributed by atoms with E-state index in [1.54, 1.807) is 0 Å². The van der Waals surface area contributed by atoms with E-state index in [9.17, 15) is 13.2 Å². The SMILES string of the molecule is O=C1CS(=O)(=O)CC2(CC2)N1. The van der Waals surface area contributed by atoms with Gasteiger partial charge in [-0.2, -0.15) is 0 Å². The number of hydrogen-bond acceptors (Lipinski definition) is 3. The Hall–Kier alpha value is -0.580. The van der Waals surface area contributed by atoms with E-state index in [-0.39, 0.29) is 23.0 Å². The van der Waals surface area contributed by atoms with Crippen molar-refractivity contribution in [3.8, 4) is 0 Å². The summed E-state index contributed by atoms with van der Waals surface area (Å²) in [6.07, 6.45) is 1.63. The zero-order chi connectivity index (χ0) is 8.11. The molecule has 1 amide bonds. The molecule has 5 heteroatoms. The van der Waals surface area contributed by atoms with Crippen molar-refractivity contribution < 1.29 is 13.2 Å². The fraction of sp³-hybridized carbons (Fsp3) is 0.833. The second kappa shape index (κ2) is 1.77. The van der Waals surface area contributed by atoms with Gasteiger partial charge < -0.3 is 5.32 Å². The first-order valence-electron chi connectivity index (χ1n) is 3.53. The Kier molecular flexibility index (Phi) is 1.14. The third kappa shape index (κ3) is 1.24. The zero-order valence-electron chi connectivity index (χ0n) is 5.96. The summed E-state index contributed by atoms with van der Waals surface area (Å²) in [5, 5.41) is 2.70. The number of sulfone groups is 1. The number of carbonyl (C=O) groups excluding carboxylic acids is 1. The number of amides is 1. The quantitative estimate of drug-likeness (QED) is 0.517. The van der Waals surface area contributed by atoms with E-state index >= 15 is 0 Å². The van der Waals surface area contributed by atoms with Crippen LogP contribution in [0.4, 0.5) is 0 Å². The van der Waals surface area contributed by atoms with Crippen LogP contribution in [-0.4, -0.2) is 31.4 Å². The number of carbonyl (C=O) groups is 1. The maximum Gasteiger partial charge on any atom is 0.235 e. The van der Waals surface area contributed by atoms with Crippen LogP contribution < -0.4 is 5.32 Å². The van der Waals surface area contributed by atoms with Gasteiger partial charge in [-0.25, -0.2) is 8.42 Å². The van der Waals surface area contributed by atoms with Crippen LogP contribution >= 0.6 is 0 Å². The minimum absolute atomic E-state index is 0.145. The highest BCUT2D eigenvalue weighted by Gasteiger charge is 2.50. The lowest BCUT2D eigenvalue weighted by atomic mass is 10.3. The van der Waals surface area contributed by atoms with Gasteiger partial charge in [0.15, 0.2) is 9.84 Å². The molecule has 1 aliphatic carbocycles. The van der Waals surface area contributed by atoms with Crippen LogP contribution in [0.15, 0.2) is 0 Å². The first kappa shape index (κ1) is 7.09. The molecule has 0 atom stereocenters. The molecule has 4 nitrogen and oxygen atoms in total. The third-order valence-electron chi connectivity index (χ3n) is 2.11. The summed E-state index contributed by atoms with van der Waals surface area (Å²) in [5.41, 5.74) is -0.353.